The topological polar surface area (TPSA) is 57.2 Å². The molecule has 0 rings (SSSR count). The second-order valence-corrected chi connectivity index (χ2v) is 2.90. The molecule has 1 N–H and O–H groups in total. The largest absolute Gasteiger partial charge is 0.391 e. The van der Waals surface area contributed by atoms with E-state index < -0.39 is 0 Å². The molecule has 0 saturated heterocycles. The monoisotopic (exact) mass is 224 g/mol. The van der Waals surface area contributed by atoms with Gasteiger partial charge in [-0.2, -0.15) is 0 Å². The SMILES string of the molecule is COCC(C)O.COCCOCCOC. The molecule has 0 aromatic heterocycles. The molecule has 0 spiro atoms. The Kier molecular flexibility index (Phi) is 18.6. The van der Waals surface area contributed by atoms with E-state index in [4.69, 9.17) is 19.3 Å². The molecule has 0 aliphatic rings. The lowest BCUT2D eigenvalue weighted by molar-refractivity contribution is 0.0385. The molecule has 5 heteroatoms. The number of rotatable bonds is 8. The van der Waals surface area contributed by atoms with Crippen molar-refractivity contribution in [1.29, 1.82) is 0 Å². The van der Waals surface area contributed by atoms with Crippen molar-refractivity contribution in [2.24, 2.45) is 0 Å². The van der Waals surface area contributed by atoms with Gasteiger partial charge in [0.1, 0.15) is 0 Å². The van der Waals surface area contributed by atoms with Crippen LogP contribution in [0.4, 0.5) is 0 Å². The van der Waals surface area contributed by atoms with Crippen molar-refractivity contribution in [2.75, 3.05) is 54.4 Å². The van der Waals surface area contributed by atoms with Crippen LogP contribution in [0.1, 0.15) is 6.92 Å². The highest BCUT2D eigenvalue weighted by Crippen LogP contribution is 1.76. The van der Waals surface area contributed by atoms with Gasteiger partial charge in [0, 0.05) is 21.3 Å². The summed E-state index contributed by atoms with van der Waals surface area (Å²) in [6, 6.07) is 0. The molecule has 0 bridgehead atoms. The van der Waals surface area contributed by atoms with E-state index in [9.17, 15) is 0 Å². The van der Waals surface area contributed by atoms with Crippen molar-refractivity contribution >= 4 is 0 Å². The highest BCUT2D eigenvalue weighted by molar-refractivity contribution is 4.36. The lowest BCUT2D eigenvalue weighted by Crippen LogP contribution is -2.07. The quantitative estimate of drug-likeness (QED) is 0.601. The average molecular weight is 224 g/mol. The number of hydrogen-bond donors (Lipinski definition) is 1. The summed E-state index contributed by atoms with van der Waals surface area (Å²) in [5.41, 5.74) is 0. The summed E-state index contributed by atoms with van der Waals surface area (Å²) in [5, 5.41) is 8.43. The molecule has 0 heterocycles. The van der Waals surface area contributed by atoms with Crippen LogP contribution in [0.3, 0.4) is 0 Å². The first-order valence-corrected chi connectivity index (χ1v) is 4.91. The first-order valence-electron chi connectivity index (χ1n) is 4.91. The third-order valence-corrected chi connectivity index (χ3v) is 1.27. The minimum Gasteiger partial charge on any atom is -0.391 e. The zero-order valence-corrected chi connectivity index (χ0v) is 10.2. The van der Waals surface area contributed by atoms with Gasteiger partial charge in [-0.15, -0.1) is 0 Å². The van der Waals surface area contributed by atoms with Crippen molar-refractivity contribution in [3.8, 4) is 0 Å². The van der Waals surface area contributed by atoms with Gasteiger partial charge in [0.05, 0.1) is 39.1 Å². The Labute approximate surface area is 92.3 Å². The first kappa shape index (κ1) is 17.2. The van der Waals surface area contributed by atoms with Crippen LogP contribution in [0.2, 0.25) is 0 Å². The van der Waals surface area contributed by atoms with Crippen LogP contribution in [-0.2, 0) is 18.9 Å². The standard InChI is InChI=1S/C6H14O3.C4H10O2/c1-7-3-5-9-6-4-8-2;1-4(5)3-6-2/h3-6H2,1-2H3;4-5H,3H2,1-2H3. The second-order valence-electron chi connectivity index (χ2n) is 2.90. The Morgan fingerprint density at radius 1 is 0.867 bits per heavy atom. The minimum absolute atomic E-state index is 0.324. The molecule has 0 aliphatic carbocycles. The number of hydrogen-bond acceptors (Lipinski definition) is 5. The van der Waals surface area contributed by atoms with E-state index in [1.165, 1.54) is 0 Å². The van der Waals surface area contributed by atoms with Crippen LogP contribution in [0.15, 0.2) is 0 Å². The Bertz CT molecular complexity index is 91.8. The van der Waals surface area contributed by atoms with E-state index in [2.05, 4.69) is 4.74 Å². The Morgan fingerprint density at radius 2 is 1.33 bits per heavy atom. The fourth-order valence-corrected chi connectivity index (χ4v) is 0.628. The van der Waals surface area contributed by atoms with Crippen LogP contribution < -0.4 is 0 Å². The van der Waals surface area contributed by atoms with Crippen molar-refractivity contribution < 1.29 is 24.1 Å². The fraction of sp³-hybridized carbons (Fsp3) is 1.00. The van der Waals surface area contributed by atoms with Gasteiger partial charge in [-0.1, -0.05) is 0 Å². The number of aliphatic hydroxyl groups excluding tert-OH is 1. The molecule has 0 amide bonds. The van der Waals surface area contributed by atoms with Crippen LogP contribution in [0, 0.1) is 0 Å². The molecule has 0 aliphatic heterocycles. The molecule has 0 radical (unpaired) electrons. The van der Waals surface area contributed by atoms with Gasteiger partial charge in [0.15, 0.2) is 0 Å². The molecular weight excluding hydrogens is 200 g/mol. The molecule has 0 aromatic rings. The van der Waals surface area contributed by atoms with Gasteiger partial charge >= 0.3 is 0 Å². The summed E-state index contributed by atoms with van der Waals surface area (Å²) in [5.74, 6) is 0. The summed E-state index contributed by atoms with van der Waals surface area (Å²) >= 11 is 0. The lowest BCUT2D eigenvalue weighted by Gasteiger charge is -2.00. The summed E-state index contributed by atoms with van der Waals surface area (Å²) in [6.45, 7) is 4.73. The van der Waals surface area contributed by atoms with E-state index >= 15 is 0 Å². The van der Waals surface area contributed by atoms with Crippen LogP contribution >= 0.6 is 0 Å². The van der Waals surface area contributed by atoms with Gasteiger partial charge < -0.3 is 24.1 Å². The summed E-state index contributed by atoms with van der Waals surface area (Å²) in [7, 11) is 4.87. The lowest BCUT2D eigenvalue weighted by atomic mass is 10.5. The highest BCUT2D eigenvalue weighted by atomic mass is 16.5. The first-order chi connectivity index (χ1) is 7.18. The van der Waals surface area contributed by atoms with E-state index in [-0.39, 0.29) is 6.10 Å². The molecule has 0 fully saturated rings. The van der Waals surface area contributed by atoms with Crippen molar-refractivity contribution in [1.82, 2.24) is 0 Å². The van der Waals surface area contributed by atoms with Crippen LogP contribution in [0.5, 0.6) is 0 Å². The normalized spacial score (nSPS) is 11.8. The number of aliphatic hydroxyl groups is 1. The average Bonchev–Trinajstić information content (AvgIpc) is 2.18. The molecule has 94 valence electrons. The Balaban J connectivity index is 0. The molecule has 0 saturated carbocycles. The zero-order chi connectivity index (χ0) is 11.9. The molecule has 1 unspecified atom stereocenters. The van der Waals surface area contributed by atoms with Crippen LogP contribution in [-0.4, -0.2) is 65.6 Å². The summed E-state index contributed by atoms with van der Waals surface area (Å²) in [4.78, 5) is 0. The fourth-order valence-electron chi connectivity index (χ4n) is 0.628. The Morgan fingerprint density at radius 3 is 1.53 bits per heavy atom. The zero-order valence-electron chi connectivity index (χ0n) is 10.2. The van der Waals surface area contributed by atoms with Gasteiger partial charge in [-0.05, 0) is 6.92 Å². The van der Waals surface area contributed by atoms with Crippen molar-refractivity contribution in [3.63, 3.8) is 0 Å². The van der Waals surface area contributed by atoms with E-state index in [0.717, 1.165) is 0 Å². The minimum atomic E-state index is -0.324. The second kappa shape index (κ2) is 16.2. The number of methoxy groups -OCH3 is 3. The maximum Gasteiger partial charge on any atom is 0.0745 e. The third-order valence-electron chi connectivity index (χ3n) is 1.27. The molecular formula is C10H24O5. The molecule has 15 heavy (non-hydrogen) atoms. The van der Waals surface area contributed by atoms with Gasteiger partial charge in [-0.25, -0.2) is 0 Å². The predicted molar refractivity (Wildman–Crippen MR) is 58.1 cm³/mol. The molecule has 5 nitrogen and oxygen atoms in total. The number of ether oxygens (including phenoxy) is 4. The van der Waals surface area contributed by atoms with Crippen molar-refractivity contribution in [2.45, 2.75) is 13.0 Å². The smallest absolute Gasteiger partial charge is 0.0745 e. The van der Waals surface area contributed by atoms with Gasteiger partial charge in [0.25, 0.3) is 0 Å². The van der Waals surface area contributed by atoms with E-state index in [0.29, 0.717) is 33.0 Å². The highest BCUT2D eigenvalue weighted by Gasteiger charge is 1.87. The maximum absolute atomic E-state index is 8.43. The summed E-state index contributed by atoms with van der Waals surface area (Å²) in [6.07, 6.45) is -0.324. The maximum atomic E-state index is 8.43. The van der Waals surface area contributed by atoms with Gasteiger partial charge in [0.2, 0.25) is 0 Å². The molecule has 1 atom stereocenters. The van der Waals surface area contributed by atoms with Gasteiger partial charge in [-0.3, -0.25) is 0 Å². The van der Waals surface area contributed by atoms with Crippen molar-refractivity contribution in [3.05, 3.63) is 0 Å². The van der Waals surface area contributed by atoms with E-state index in [1.54, 1.807) is 28.3 Å². The van der Waals surface area contributed by atoms with Crippen LogP contribution in [0.25, 0.3) is 0 Å². The predicted octanol–water partition coefficient (Wildman–Crippen LogP) is 0.309. The third kappa shape index (κ3) is 24.8. The Hall–Kier alpha value is -0.200. The summed E-state index contributed by atoms with van der Waals surface area (Å²) < 4.78 is 19.1. The molecule has 0 aromatic carbocycles. The van der Waals surface area contributed by atoms with E-state index in [1.807, 2.05) is 0 Å².